The molecule has 1 aromatic rings. The van der Waals surface area contributed by atoms with Crippen LogP contribution in [0, 0.1) is 23.3 Å². The first-order valence-electron chi connectivity index (χ1n) is 6.20. The van der Waals surface area contributed by atoms with Gasteiger partial charge in [-0.1, -0.05) is 0 Å². The van der Waals surface area contributed by atoms with Crippen LogP contribution in [0.4, 0.5) is 17.6 Å². The van der Waals surface area contributed by atoms with Crippen molar-refractivity contribution in [1.82, 2.24) is 0 Å². The average molecular weight is 336 g/mol. The van der Waals surface area contributed by atoms with E-state index < -0.39 is 57.7 Å². The van der Waals surface area contributed by atoms with E-state index in [1.54, 1.807) is 0 Å². The zero-order valence-corrected chi connectivity index (χ0v) is 12.3. The van der Waals surface area contributed by atoms with Crippen LogP contribution < -0.4 is 4.74 Å². The van der Waals surface area contributed by atoms with Crippen molar-refractivity contribution in [2.24, 2.45) is 0 Å². The molecule has 0 fully saturated rings. The second kappa shape index (κ2) is 7.12. The summed E-state index contributed by atoms with van der Waals surface area (Å²) in [5, 5.41) is 9.96. The van der Waals surface area contributed by atoms with E-state index in [0.29, 0.717) is 0 Å². The third-order valence-corrected chi connectivity index (χ3v) is 2.73. The molecule has 0 aliphatic rings. The number of ether oxygens (including phenoxy) is 2. The fourth-order valence-corrected chi connectivity index (χ4v) is 1.75. The Hall–Kier alpha value is -2.58. The topological polar surface area (TPSA) is 72.8 Å². The Bertz CT molecular complexity index is 697. The van der Waals surface area contributed by atoms with E-state index in [2.05, 4.69) is 9.47 Å². The number of esters is 1. The summed E-state index contributed by atoms with van der Waals surface area (Å²) in [6.07, 6.45) is 0. The molecular weight excluding hydrogens is 324 g/mol. The molecule has 0 aromatic heterocycles. The van der Waals surface area contributed by atoms with Gasteiger partial charge in [0.15, 0.2) is 23.2 Å². The van der Waals surface area contributed by atoms with Gasteiger partial charge < -0.3 is 14.6 Å². The van der Waals surface area contributed by atoms with Crippen molar-refractivity contribution >= 4 is 17.5 Å². The van der Waals surface area contributed by atoms with Gasteiger partial charge in [0.1, 0.15) is 16.9 Å². The standard InChI is InChI=1S/C14H12F4O5/c1-4-23-14(21)6(5(2)19)12(20)7-8(15)9(16)10(17)11(18)13(7)22-3/h20H,4H2,1-3H3/b12-6-. The van der Waals surface area contributed by atoms with Crippen molar-refractivity contribution in [2.75, 3.05) is 13.7 Å². The summed E-state index contributed by atoms with van der Waals surface area (Å²) in [7, 11) is 0.795. The van der Waals surface area contributed by atoms with Crippen LogP contribution in [0.1, 0.15) is 19.4 Å². The highest BCUT2D eigenvalue weighted by Crippen LogP contribution is 2.35. The molecule has 1 N–H and O–H groups in total. The molecule has 0 saturated heterocycles. The quantitative estimate of drug-likeness (QED) is 0.131. The summed E-state index contributed by atoms with van der Waals surface area (Å²) in [4.78, 5) is 23.1. The molecule has 0 bridgehead atoms. The first-order valence-corrected chi connectivity index (χ1v) is 6.20. The number of benzene rings is 1. The number of Topliss-reactive ketones (excluding diaryl/α,β-unsaturated/α-hetero) is 1. The highest BCUT2D eigenvalue weighted by atomic mass is 19.2. The number of hydrogen-bond acceptors (Lipinski definition) is 5. The molecule has 0 aliphatic carbocycles. The maximum absolute atomic E-state index is 13.9. The van der Waals surface area contributed by atoms with Crippen LogP contribution in [0.3, 0.4) is 0 Å². The number of carbonyl (C=O) groups is 2. The van der Waals surface area contributed by atoms with Gasteiger partial charge in [0.2, 0.25) is 11.6 Å². The number of halogens is 4. The van der Waals surface area contributed by atoms with E-state index in [0.717, 1.165) is 14.0 Å². The van der Waals surface area contributed by atoms with Crippen LogP contribution in [0.2, 0.25) is 0 Å². The van der Waals surface area contributed by atoms with Crippen LogP contribution >= 0.6 is 0 Å². The van der Waals surface area contributed by atoms with Gasteiger partial charge in [0.25, 0.3) is 0 Å². The number of methoxy groups -OCH3 is 1. The molecule has 1 aromatic carbocycles. The summed E-state index contributed by atoms with van der Waals surface area (Å²) in [5.41, 5.74) is -2.36. The third kappa shape index (κ3) is 3.27. The van der Waals surface area contributed by atoms with Crippen molar-refractivity contribution in [3.63, 3.8) is 0 Å². The highest BCUT2D eigenvalue weighted by molar-refractivity contribution is 6.21. The van der Waals surface area contributed by atoms with E-state index in [9.17, 15) is 32.3 Å². The van der Waals surface area contributed by atoms with Crippen molar-refractivity contribution in [3.05, 3.63) is 34.4 Å². The number of hydrogen-bond donors (Lipinski definition) is 1. The number of rotatable bonds is 5. The van der Waals surface area contributed by atoms with Crippen molar-refractivity contribution in [3.8, 4) is 5.75 Å². The molecule has 0 spiro atoms. The predicted molar refractivity (Wildman–Crippen MR) is 69.7 cm³/mol. The molecule has 9 heteroatoms. The lowest BCUT2D eigenvalue weighted by Crippen LogP contribution is -2.17. The fraction of sp³-hybridized carbons (Fsp3) is 0.286. The number of aliphatic hydroxyl groups excluding tert-OH is 1. The van der Waals surface area contributed by atoms with Gasteiger partial charge in [-0.3, -0.25) is 4.79 Å². The molecule has 5 nitrogen and oxygen atoms in total. The summed E-state index contributed by atoms with van der Waals surface area (Å²) in [5.74, 6) is -13.4. The molecule has 0 heterocycles. The van der Waals surface area contributed by atoms with Crippen LogP contribution in [-0.4, -0.2) is 30.6 Å². The molecule has 0 saturated carbocycles. The molecule has 0 atom stereocenters. The highest BCUT2D eigenvalue weighted by Gasteiger charge is 2.32. The molecule has 1 rings (SSSR count). The van der Waals surface area contributed by atoms with Crippen LogP contribution in [0.25, 0.3) is 5.76 Å². The van der Waals surface area contributed by atoms with Gasteiger partial charge in [-0.25, -0.2) is 18.0 Å². The minimum atomic E-state index is -2.24. The van der Waals surface area contributed by atoms with Crippen LogP contribution in [0.15, 0.2) is 5.57 Å². The van der Waals surface area contributed by atoms with Crippen LogP contribution in [0.5, 0.6) is 5.75 Å². The van der Waals surface area contributed by atoms with Gasteiger partial charge in [-0.05, 0) is 13.8 Å². The zero-order valence-electron chi connectivity index (χ0n) is 12.3. The summed E-state index contributed by atoms with van der Waals surface area (Å²) < 4.78 is 63.0. The van der Waals surface area contributed by atoms with Gasteiger partial charge in [0.05, 0.1) is 13.7 Å². The van der Waals surface area contributed by atoms with Gasteiger partial charge >= 0.3 is 5.97 Å². The van der Waals surface area contributed by atoms with Crippen molar-refractivity contribution in [1.29, 1.82) is 0 Å². The fourth-order valence-electron chi connectivity index (χ4n) is 1.75. The monoisotopic (exact) mass is 336 g/mol. The number of ketones is 1. The SMILES string of the molecule is CCOC(=O)/C(C(C)=O)=C(\O)c1c(F)c(F)c(F)c(F)c1OC. The second-order valence-corrected chi connectivity index (χ2v) is 4.16. The van der Waals surface area contributed by atoms with Gasteiger partial charge in [-0.2, -0.15) is 4.39 Å². The molecule has 23 heavy (non-hydrogen) atoms. The first kappa shape index (κ1) is 18.5. The lowest BCUT2D eigenvalue weighted by molar-refractivity contribution is -0.139. The zero-order chi connectivity index (χ0) is 17.9. The van der Waals surface area contributed by atoms with E-state index in [-0.39, 0.29) is 6.61 Å². The molecular formula is C14H12F4O5. The smallest absolute Gasteiger partial charge is 0.345 e. The summed E-state index contributed by atoms with van der Waals surface area (Å²) >= 11 is 0. The molecule has 0 aliphatic heterocycles. The second-order valence-electron chi connectivity index (χ2n) is 4.16. The van der Waals surface area contributed by atoms with Crippen molar-refractivity contribution in [2.45, 2.75) is 13.8 Å². The summed E-state index contributed by atoms with van der Waals surface area (Å²) in [6, 6.07) is 0. The lowest BCUT2D eigenvalue weighted by atomic mass is 10.0. The predicted octanol–water partition coefficient (Wildman–Crippen LogP) is 2.67. The largest absolute Gasteiger partial charge is 0.506 e. The summed E-state index contributed by atoms with van der Waals surface area (Å²) in [6.45, 7) is 2.04. The van der Waals surface area contributed by atoms with Crippen molar-refractivity contribution < 1.29 is 41.7 Å². The Balaban J connectivity index is 3.82. The Kier molecular flexibility index (Phi) is 5.72. The van der Waals surface area contributed by atoms with E-state index in [1.807, 2.05) is 0 Å². The Morgan fingerprint density at radius 2 is 1.57 bits per heavy atom. The Labute approximate surface area is 128 Å². The van der Waals surface area contributed by atoms with Crippen LogP contribution in [-0.2, 0) is 14.3 Å². The van der Waals surface area contributed by atoms with E-state index in [4.69, 9.17) is 0 Å². The Morgan fingerprint density at radius 1 is 1.04 bits per heavy atom. The first-order chi connectivity index (χ1) is 10.7. The normalized spacial score (nSPS) is 11.8. The molecule has 126 valence electrons. The molecule has 0 amide bonds. The third-order valence-electron chi connectivity index (χ3n) is 2.73. The maximum atomic E-state index is 13.9. The van der Waals surface area contributed by atoms with Gasteiger partial charge in [-0.15, -0.1) is 0 Å². The lowest BCUT2D eigenvalue weighted by Gasteiger charge is -2.14. The molecule has 0 radical (unpaired) electrons. The number of aliphatic hydroxyl groups is 1. The number of carbonyl (C=O) groups excluding carboxylic acids is 2. The minimum absolute atomic E-state index is 0.186. The average Bonchev–Trinajstić information content (AvgIpc) is 2.48. The maximum Gasteiger partial charge on any atom is 0.345 e. The molecule has 0 unspecified atom stereocenters. The minimum Gasteiger partial charge on any atom is -0.506 e. The van der Waals surface area contributed by atoms with E-state index in [1.165, 1.54) is 6.92 Å². The Morgan fingerprint density at radius 3 is 2.00 bits per heavy atom. The van der Waals surface area contributed by atoms with E-state index >= 15 is 0 Å². The van der Waals surface area contributed by atoms with Gasteiger partial charge in [0, 0.05) is 0 Å².